The van der Waals surface area contributed by atoms with E-state index in [2.05, 4.69) is 42.8 Å². The average Bonchev–Trinajstić information content (AvgIpc) is 2.93. The highest BCUT2D eigenvalue weighted by Gasteiger charge is 2.11. The van der Waals surface area contributed by atoms with Crippen molar-refractivity contribution in [1.29, 1.82) is 0 Å². The van der Waals surface area contributed by atoms with Gasteiger partial charge in [-0.1, -0.05) is 26.0 Å². The molecule has 20 heavy (non-hydrogen) atoms. The highest BCUT2D eigenvalue weighted by atomic mass is 32.2. The van der Waals surface area contributed by atoms with Crippen LogP contribution in [-0.4, -0.2) is 11.1 Å². The normalized spacial score (nSPS) is 12.1. The van der Waals surface area contributed by atoms with Gasteiger partial charge in [-0.25, -0.2) is 4.79 Å². The fraction of sp³-hybridized carbons (Fsp3) is 0.267. The van der Waals surface area contributed by atoms with Gasteiger partial charge in [-0.3, -0.25) is 0 Å². The number of carbonyl (C=O) groups is 1. The number of carboxylic acid groups (broad SMARTS) is 1. The predicted octanol–water partition coefficient (Wildman–Crippen LogP) is 5.08. The Kier molecular flexibility index (Phi) is 5.09. The number of aromatic carboxylic acids is 1. The van der Waals surface area contributed by atoms with Gasteiger partial charge >= 0.3 is 5.97 Å². The molecule has 3 nitrogen and oxygen atoms in total. The van der Waals surface area contributed by atoms with E-state index in [1.807, 2.05) is 0 Å². The molecule has 1 heterocycles. The Morgan fingerprint density at radius 2 is 2.05 bits per heavy atom. The summed E-state index contributed by atoms with van der Waals surface area (Å²) in [6, 6.07) is 10.2. The zero-order valence-electron chi connectivity index (χ0n) is 11.4. The van der Waals surface area contributed by atoms with Crippen LogP contribution in [0.15, 0.2) is 40.6 Å². The van der Waals surface area contributed by atoms with Crippen molar-refractivity contribution in [2.24, 2.45) is 0 Å². The van der Waals surface area contributed by atoms with Crippen molar-refractivity contribution in [3.05, 3.63) is 46.2 Å². The summed E-state index contributed by atoms with van der Waals surface area (Å²) < 4.78 is 3.10. The lowest BCUT2D eigenvalue weighted by Gasteiger charge is -2.10. The monoisotopic (exact) mass is 307 g/mol. The van der Waals surface area contributed by atoms with E-state index in [9.17, 15) is 4.79 Å². The maximum atomic E-state index is 11.0. The summed E-state index contributed by atoms with van der Waals surface area (Å²) in [4.78, 5) is 12.4. The van der Waals surface area contributed by atoms with Crippen LogP contribution >= 0.6 is 23.3 Å². The van der Waals surface area contributed by atoms with Crippen molar-refractivity contribution in [3.63, 3.8) is 0 Å². The first kappa shape index (κ1) is 14.9. The second-order valence-corrected chi connectivity index (χ2v) is 6.35. The summed E-state index contributed by atoms with van der Waals surface area (Å²) in [7, 11) is 0. The Bertz CT molecular complexity index is 578. The van der Waals surface area contributed by atoms with Gasteiger partial charge in [-0.15, -0.1) is 11.3 Å². The van der Waals surface area contributed by atoms with Crippen molar-refractivity contribution in [3.8, 4) is 0 Å². The van der Waals surface area contributed by atoms with Crippen LogP contribution in [0.4, 0.5) is 5.69 Å². The molecule has 0 saturated heterocycles. The molecule has 1 unspecified atom stereocenters. The molecule has 2 N–H and O–H groups in total. The Balaban J connectivity index is 2.00. The van der Waals surface area contributed by atoms with E-state index < -0.39 is 5.97 Å². The number of thiophene rings is 1. The molecule has 1 aromatic heterocycles. The van der Waals surface area contributed by atoms with Crippen molar-refractivity contribution in [2.45, 2.75) is 31.1 Å². The van der Waals surface area contributed by atoms with Crippen molar-refractivity contribution < 1.29 is 9.90 Å². The molecular formula is C15H17NO2S2. The van der Waals surface area contributed by atoms with E-state index in [0.717, 1.165) is 11.3 Å². The zero-order chi connectivity index (χ0) is 14.5. The molecule has 0 spiro atoms. The van der Waals surface area contributed by atoms with Crippen molar-refractivity contribution >= 4 is 34.9 Å². The van der Waals surface area contributed by atoms with Gasteiger partial charge in [-0.05, 0) is 53.4 Å². The summed E-state index contributed by atoms with van der Waals surface area (Å²) in [5.74, 6) is -0.326. The van der Waals surface area contributed by atoms with Gasteiger partial charge in [0.25, 0.3) is 0 Å². The summed E-state index contributed by atoms with van der Waals surface area (Å²) >= 11 is 2.66. The number of rotatable bonds is 6. The number of hydrogen-bond acceptors (Lipinski definition) is 4. The SMILES string of the molecule is CCC(C)c1ccc(SNc2ccsc2C(=O)O)cc1. The highest BCUT2D eigenvalue weighted by molar-refractivity contribution is 8.00. The molecule has 0 saturated carbocycles. The minimum Gasteiger partial charge on any atom is -0.477 e. The Labute approximate surface area is 127 Å². The quantitative estimate of drug-likeness (QED) is 0.731. The third kappa shape index (κ3) is 3.55. The Hall–Kier alpha value is -1.46. The van der Waals surface area contributed by atoms with Crippen LogP contribution in [0.5, 0.6) is 0 Å². The number of benzene rings is 1. The summed E-state index contributed by atoms with van der Waals surface area (Å²) in [6.07, 6.45) is 1.13. The molecule has 0 bridgehead atoms. The van der Waals surface area contributed by atoms with Crippen LogP contribution in [0.1, 0.15) is 41.4 Å². The smallest absolute Gasteiger partial charge is 0.348 e. The van der Waals surface area contributed by atoms with Gasteiger partial charge in [0.15, 0.2) is 0 Å². The zero-order valence-corrected chi connectivity index (χ0v) is 13.1. The standard InChI is InChI=1S/C15H17NO2S2/c1-3-10(2)11-4-6-12(7-5-11)20-16-13-8-9-19-14(13)15(17)18/h4-10,16H,3H2,1-2H3,(H,17,18). The van der Waals surface area contributed by atoms with E-state index in [1.54, 1.807) is 11.4 Å². The summed E-state index contributed by atoms with van der Waals surface area (Å²) in [5, 5.41) is 10.8. The van der Waals surface area contributed by atoms with Crippen molar-refractivity contribution in [2.75, 3.05) is 4.72 Å². The first-order valence-electron chi connectivity index (χ1n) is 6.45. The molecule has 5 heteroatoms. The predicted molar refractivity (Wildman–Crippen MR) is 85.9 cm³/mol. The van der Waals surface area contributed by atoms with E-state index in [0.29, 0.717) is 16.5 Å². The molecule has 0 aliphatic heterocycles. The fourth-order valence-corrected chi connectivity index (χ4v) is 3.19. The maximum absolute atomic E-state index is 11.0. The molecule has 2 rings (SSSR count). The van der Waals surface area contributed by atoms with E-state index >= 15 is 0 Å². The van der Waals surface area contributed by atoms with Gasteiger partial charge < -0.3 is 9.83 Å². The molecule has 0 amide bonds. The van der Waals surface area contributed by atoms with Crippen molar-refractivity contribution in [1.82, 2.24) is 0 Å². The number of carboxylic acids is 1. The van der Waals surface area contributed by atoms with E-state index in [-0.39, 0.29) is 0 Å². The number of anilines is 1. The van der Waals surface area contributed by atoms with Crippen LogP contribution in [0.2, 0.25) is 0 Å². The van der Waals surface area contributed by atoms with Crippen LogP contribution < -0.4 is 4.72 Å². The molecular weight excluding hydrogens is 290 g/mol. The molecule has 0 aliphatic rings. The fourth-order valence-electron chi connectivity index (χ4n) is 1.77. The topological polar surface area (TPSA) is 49.3 Å². The van der Waals surface area contributed by atoms with E-state index in [4.69, 9.17) is 5.11 Å². The second-order valence-electron chi connectivity index (χ2n) is 4.55. The molecule has 2 aromatic rings. The van der Waals surface area contributed by atoms with Gasteiger partial charge in [-0.2, -0.15) is 0 Å². The molecule has 1 aromatic carbocycles. The minimum atomic E-state index is -0.893. The third-order valence-corrected chi connectivity index (χ3v) is 4.93. The molecule has 106 valence electrons. The number of nitrogens with one attached hydrogen (secondary N) is 1. The lowest BCUT2D eigenvalue weighted by molar-refractivity contribution is 0.0703. The largest absolute Gasteiger partial charge is 0.477 e. The van der Waals surface area contributed by atoms with E-state index in [1.165, 1.54) is 28.8 Å². The number of hydrogen-bond donors (Lipinski definition) is 2. The van der Waals surface area contributed by atoms with Gasteiger partial charge in [0.05, 0.1) is 5.69 Å². The van der Waals surface area contributed by atoms with Gasteiger partial charge in [0.1, 0.15) is 4.88 Å². The molecule has 0 radical (unpaired) electrons. The first-order chi connectivity index (χ1) is 9.61. The molecule has 0 aliphatic carbocycles. The molecule has 0 fully saturated rings. The maximum Gasteiger partial charge on any atom is 0.348 e. The van der Waals surface area contributed by atoms with Gasteiger partial charge in [0, 0.05) is 4.90 Å². The second kappa shape index (κ2) is 6.81. The Morgan fingerprint density at radius 1 is 1.35 bits per heavy atom. The van der Waals surface area contributed by atoms with Crippen LogP contribution in [0.3, 0.4) is 0 Å². The highest BCUT2D eigenvalue weighted by Crippen LogP contribution is 2.29. The minimum absolute atomic E-state index is 0.341. The van der Waals surface area contributed by atoms with Gasteiger partial charge in [0.2, 0.25) is 0 Å². The Morgan fingerprint density at radius 3 is 2.65 bits per heavy atom. The summed E-state index contributed by atoms with van der Waals surface area (Å²) in [6.45, 7) is 4.39. The van der Waals surface area contributed by atoms with Crippen LogP contribution in [0.25, 0.3) is 0 Å². The lowest BCUT2D eigenvalue weighted by atomic mass is 9.99. The first-order valence-corrected chi connectivity index (χ1v) is 8.15. The van der Waals surface area contributed by atoms with Crippen LogP contribution in [0, 0.1) is 0 Å². The average molecular weight is 307 g/mol. The van der Waals surface area contributed by atoms with Crippen LogP contribution in [-0.2, 0) is 0 Å². The molecule has 1 atom stereocenters. The lowest BCUT2D eigenvalue weighted by Crippen LogP contribution is -1.97. The summed E-state index contributed by atoms with van der Waals surface area (Å²) in [5.41, 5.74) is 1.98. The third-order valence-electron chi connectivity index (χ3n) is 3.20.